The van der Waals surface area contributed by atoms with Crippen LogP contribution in [0.2, 0.25) is 6.04 Å². The van der Waals surface area contributed by atoms with Gasteiger partial charge in [0.2, 0.25) is 0 Å². The van der Waals surface area contributed by atoms with Gasteiger partial charge in [-0.2, -0.15) is 0 Å². The second kappa shape index (κ2) is 12.8. The molecular weight excluding hydrogens is 418 g/mol. The average molecular weight is 446 g/mol. The van der Waals surface area contributed by atoms with Gasteiger partial charge in [0.15, 0.2) is 0 Å². The molecule has 0 aliphatic carbocycles. The third kappa shape index (κ3) is 8.40. The fourth-order valence-electron chi connectivity index (χ4n) is 2.65. The molecule has 0 atom stereocenters. The Bertz CT molecular complexity index is 683. The molecule has 1 aromatic rings. The van der Waals surface area contributed by atoms with Crippen LogP contribution in [0.25, 0.3) is 0 Å². The van der Waals surface area contributed by atoms with Crippen molar-refractivity contribution in [2.45, 2.75) is 39.8 Å². The topological polar surface area (TPSA) is 152 Å². The number of nitro benzene ring substituents is 2. The predicted octanol–water partition coefficient (Wildman–Crippen LogP) is 3.17. The number of nitrogens with zero attached hydrogens (tertiary/aromatic N) is 2. The summed E-state index contributed by atoms with van der Waals surface area (Å²) in [5, 5.41) is 24.3. The molecule has 0 aliphatic heterocycles. The van der Waals surface area contributed by atoms with Gasteiger partial charge in [0.25, 0.3) is 11.4 Å². The average Bonchev–Trinajstić information content (AvgIpc) is 2.70. The summed E-state index contributed by atoms with van der Waals surface area (Å²) in [6.07, 6.45) is -0.218. The predicted molar refractivity (Wildman–Crippen MR) is 108 cm³/mol. The van der Waals surface area contributed by atoms with Crippen molar-refractivity contribution in [2.75, 3.05) is 26.4 Å². The van der Waals surface area contributed by atoms with Gasteiger partial charge in [-0.05, 0) is 27.2 Å². The zero-order valence-corrected chi connectivity index (χ0v) is 18.3. The zero-order chi connectivity index (χ0) is 22.6. The summed E-state index contributed by atoms with van der Waals surface area (Å²) in [4.78, 5) is 32.2. The van der Waals surface area contributed by atoms with Crippen molar-refractivity contribution in [1.82, 2.24) is 5.32 Å². The van der Waals surface area contributed by atoms with Crippen molar-refractivity contribution in [1.29, 1.82) is 0 Å². The van der Waals surface area contributed by atoms with Crippen LogP contribution in [0.5, 0.6) is 0 Å². The Morgan fingerprint density at radius 3 is 1.90 bits per heavy atom. The molecule has 12 nitrogen and oxygen atoms in total. The second-order valence-corrected chi connectivity index (χ2v) is 8.69. The van der Waals surface area contributed by atoms with Crippen molar-refractivity contribution in [3.05, 3.63) is 44.0 Å². The minimum atomic E-state index is -2.79. The second-order valence-electron chi connectivity index (χ2n) is 5.96. The molecule has 0 saturated carbocycles. The number of rotatable bonds is 14. The Hall–Kier alpha value is -2.61. The number of non-ortho nitro benzene ring substituents is 2. The third-order valence-electron chi connectivity index (χ3n) is 3.78. The lowest BCUT2D eigenvalue weighted by atomic mass is 10.2. The molecule has 30 heavy (non-hydrogen) atoms. The van der Waals surface area contributed by atoms with E-state index in [1.54, 1.807) is 0 Å². The summed E-state index contributed by atoms with van der Waals surface area (Å²) in [5.41, 5.74) is -0.763. The fraction of sp³-hybridized carbons (Fsp3) is 0.588. The van der Waals surface area contributed by atoms with E-state index in [0.29, 0.717) is 32.3 Å². The number of nitro groups is 2. The van der Waals surface area contributed by atoms with Gasteiger partial charge in [-0.15, -0.1) is 0 Å². The molecule has 0 aromatic heterocycles. The molecule has 0 saturated heterocycles. The molecular formula is C17H27N3O9Si. The van der Waals surface area contributed by atoms with Gasteiger partial charge in [0, 0.05) is 50.1 Å². The molecule has 0 spiro atoms. The number of carbonyl (C=O) groups is 1. The van der Waals surface area contributed by atoms with Gasteiger partial charge < -0.3 is 23.3 Å². The Labute approximate surface area is 175 Å². The molecule has 0 fully saturated rings. The molecule has 0 unspecified atom stereocenters. The standard InChI is InChI=1S/C17H27N3O9Si/c1-4-27-30(28-5-2,29-6-3)9-7-8-18-17(21)26-13-14-10-15(19(22)23)12-16(11-14)20(24)25/h10-12H,4-9,13H2,1-3H3,(H,18,21). The summed E-state index contributed by atoms with van der Waals surface area (Å²) in [6.45, 7) is 6.86. The largest absolute Gasteiger partial charge is 0.500 e. The van der Waals surface area contributed by atoms with Crippen LogP contribution >= 0.6 is 0 Å². The molecule has 168 valence electrons. The highest BCUT2D eigenvalue weighted by atomic mass is 28.4. The maximum Gasteiger partial charge on any atom is 0.500 e. The van der Waals surface area contributed by atoms with Gasteiger partial charge in [-0.25, -0.2) is 4.79 Å². The number of hydrogen-bond acceptors (Lipinski definition) is 9. The van der Waals surface area contributed by atoms with Gasteiger partial charge in [0.1, 0.15) is 6.61 Å². The molecule has 13 heteroatoms. The molecule has 1 aromatic carbocycles. The van der Waals surface area contributed by atoms with Gasteiger partial charge in [0.05, 0.1) is 15.9 Å². The first-order chi connectivity index (χ1) is 14.3. The quantitative estimate of drug-likeness (QED) is 0.197. The minimum absolute atomic E-state index is 0.140. The van der Waals surface area contributed by atoms with Crippen LogP contribution in [0.1, 0.15) is 32.8 Å². The summed E-state index contributed by atoms with van der Waals surface area (Å²) in [7, 11) is -2.79. The monoisotopic (exact) mass is 445 g/mol. The number of hydrogen-bond donors (Lipinski definition) is 1. The Balaban J connectivity index is 2.55. The van der Waals surface area contributed by atoms with Crippen LogP contribution in [-0.2, 0) is 24.6 Å². The third-order valence-corrected chi connectivity index (χ3v) is 6.93. The lowest BCUT2D eigenvalue weighted by molar-refractivity contribution is -0.394. The lowest BCUT2D eigenvalue weighted by Crippen LogP contribution is -2.46. The minimum Gasteiger partial charge on any atom is -0.445 e. The highest BCUT2D eigenvalue weighted by Crippen LogP contribution is 2.23. The van der Waals surface area contributed by atoms with Crippen molar-refractivity contribution >= 4 is 26.3 Å². The van der Waals surface area contributed by atoms with Crippen LogP contribution in [0.15, 0.2) is 18.2 Å². The lowest BCUT2D eigenvalue weighted by Gasteiger charge is -2.28. The summed E-state index contributed by atoms with van der Waals surface area (Å²) in [6, 6.07) is 3.59. The van der Waals surface area contributed by atoms with E-state index in [-0.39, 0.29) is 18.7 Å². The van der Waals surface area contributed by atoms with E-state index in [1.807, 2.05) is 20.8 Å². The van der Waals surface area contributed by atoms with Crippen LogP contribution < -0.4 is 5.32 Å². The van der Waals surface area contributed by atoms with Crippen molar-refractivity contribution in [2.24, 2.45) is 0 Å². The van der Waals surface area contributed by atoms with E-state index in [1.165, 1.54) is 0 Å². The molecule has 1 N–H and O–H groups in total. The molecule has 1 amide bonds. The Kier molecular flexibility index (Phi) is 10.9. The Morgan fingerprint density at radius 1 is 0.967 bits per heavy atom. The van der Waals surface area contributed by atoms with Crippen LogP contribution in [-0.4, -0.2) is 51.1 Å². The number of benzene rings is 1. The van der Waals surface area contributed by atoms with Crippen molar-refractivity contribution in [3.8, 4) is 0 Å². The molecule has 0 aliphatic rings. The highest BCUT2D eigenvalue weighted by molar-refractivity contribution is 6.60. The number of ether oxygens (including phenoxy) is 1. The van der Waals surface area contributed by atoms with E-state index in [2.05, 4.69) is 5.32 Å². The normalized spacial score (nSPS) is 11.2. The van der Waals surface area contributed by atoms with Crippen LogP contribution in [0.4, 0.5) is 16.2 Å². The maximum atomic E-state index is 11.9. The van der Waals surface area contributed by atoms with Crippen molar-refractivity contribution < 1.29 is 32.7 Å². The van der Waals surface area contributed by atoms with Crippen molar-refractivity contribution in [3.63, 3.8) is 0 Å². The molecule has 0 bridgehead atoms. The molecule has 1 rings (SSSR count). The fourth-order valence-corrected chi connectivity index (χ4v) is 5.26. The SMILES string of the molecule is CCO[Si](CCCNC(=O)OCc1cc([N+](=O)[O-])cc([N+](=O)[O-])c1)(OCC)OCC. The summed E-state index contributed by atoms with van der Waals surface area (Å²) < 4.78 is 22.2. The summed E-state index contributed by atoms with van der Waals surface area (Å²) >= 11 is 0. The number of alkyl carbamates (subject to hydrolysis) is 1. The molecule has 0 radical (unpaired) electrons. The zero-order valence-electron chi connectivity index (χ0n) is 17.3. The molecule has 0 heterocycles. The smallest absolute Gasteiger partial charge is 0.445 e. The van der Waals surface area contributed by atoms with Gasteiger partial charge in [-0.3, -0.25) is 20.2 Å². The van der Waals surface area contributed by atoms with Crippen LogP contribution in [0.3, 0.4) is 0 Å². The van der Waals surface area contributed by atoms with E-state index in [9.17, 15) is 25.0 Å². The van der Waals surface area contributed by atoms with Gasteiger partial charge >= 0.3 is 14.9 Å². The first-order valence-corrected chi connectivity index (χ1v) is 11.4. The van der Waals surface area contributed by atoms with E-state index in [4.69, 9.17) is 18.0 Å². The van der Waals surface area contributed by atoms with E-state index >= 15 is 0 Å². The van der Waals surface area contributed by atoms with E-state index < -0.39 is 36.1 Å². The maximum absolute atomic E-state index is 11.9. The number of carbonyl (C=O) groups excluding carboxylic acids is 1. The van der Waals surface area contributed by atoms with E-state index in [0.717, 1.165) is 18.2 Å². The van der Waals surface area contributed by atoms with Crippen LogP contribution in [0, 0.1) is 20.2 Å². The first kappa shape index (κ1) is 25.4. The first-order valence-electron chi connectivity index (χ1n) is 9.52. The number of nitrogens with one attached hydrogen (secondary N) is 1. The Morgan fingerprint density at radius 2 is 1.47 bits per heavy atom. The summed E-state index contributed by atoms with van der Waals surface area (Å²) in [5.74, 6) is 0. The van der Waals surface area contributed by atoms with Gasteiger partial charge in [-0.1, -0.05) is 0 Å². The highest BCUT2D eigenvalue weighted by Gasteiger charge is 2.39. The number of amides is 1.